The molecule has 0 bridgehead atoms. The molecule has 76 valence electrons. The minimum absolute atomic E-state index is 0. The first-order chi connectivity index (χ1) is 5.61. The zero-order valence-corrected chi connectivity index (χ0v) is 16.4. The van der Waals surface area contributed by atoms with Crippen LogP contribution in [0, 0.1) is 0 Å². The van der Waals surface area contributed by atoms with Crippen LogP contribution in [0.15, 0.2) is 0 Å². The summed E-state index contributed by atoms with van der Waals surface area (Å²) in [4.78, 5) is 39.2. The van der Waals surface area contributed by atoms with Crippen molar-refractivity contribution >= 4 is 19.5 Å². The molecule has 16 heavy (non-hydrogen) atoms. The molecule has 0 aromatic rings. The van der Waals surface area contributed by atoms with Crippen LogP contribution in [0.2, 0.25) is 0 Å². The van der Waals surface area contributed by atoms with Crippen LogP contribution in [0.25, 0.3) is 0 Å². The molecule has 2 atom stereocenters. The Bertz CT molecular complexity index is 290. The summed E-state index contributed by atoms with van der Waals surface area (Å²) in [5.74, 6) is -4.09. The summed E-state index contributed by atoms with van der Waals surface area (Å²) in [6, 6.07) is 0. The van der Waals surface area contributed by atoms with Gasteiger partial charge in [-0.15, -0.1) is 0 Å². The molecule has 0 saturated heterocycles. The average molecular weight is 278 g/mol. The average Bonchev–Trinajstić information content (AvgIpc) is 1.82. The summed E-state index contributed by atoms with van der Waals surface area (Å²) in [5.41, 5.74) is 0. The van der Waals surface area contributed by atoms with E-state index < -0.39 is 31.1 Å². The van der Waals surface area contributed by atoms with E-state index in [0.29, 0.717) is 6.92 Å². The normalized spacial score (nSPS) is 16.2. The van der Waals surface area contributed by atoms with Gasteiger partial charge in [-0.2, -0.15) is 0 Å². The standard InChI is InChI=1S/C5H9O7P.3Na/c1-5(4(8)9,2-3(6)7)13(10,11)12;;;/h2H2,1H3,(H,6,7)(H,8,9)(H2,10,11,12);;;/q;3*+1/p-3. The third kappa shape index (κ3) is 7.51. The first kappa shape index (κ1) is 26.6. The van der Waals surface area contributed by atoms with Crippen LogP contribution < -0.4 is 104 Å². The second-order valence-electron chi connectivity index (χ2n) is 2.63. The molecular formula is C5H6Na3O7P. The summed E-state index contributed by atoms with van der Waals surface area (Å²) in [5, 5.41) is 17.4. The fourth-order valence-electron chi connectivity index (χ4n) is 0.568. The molecule has 0 aliphatic rings. The van der Waals surface area contributed by atoms with Crippen molar-refractivity contribution in [3.05, 3.63) is 0 Å². The first-order valence-corrected chi connectivity index (χ1v) is 4.64. The van der Waals surface area contributed by atoms with E-state index in [2.05, 4.69) is 0 Å². The Morgan fingerprint density at radius 2 is 1.56 bits per heavy atom. The number of rotatable bonds is 4. The number of carbonyl (C=O) groups is 2. The number of hydrogen-bond donors (Lipinski definition) is 1. The van der Waals surface area contributed by atoms with E-state index in [-0.39, 0.29) is 88.7 Å². The topological polar surface area (TPSA) is 141 Å². The minimum Gasteiger partial charge on any atom is -0.778 e. The van der Waals surface area contributed by atoms with Gasteiger partial charge in [-0.1, -0.05) is 0 Å². The second-order valence-corrected chi connectivity index (χ2v) is 4.66. The minimum atomic E-state index is -5.33. The van der Waals surface area contributed by atoms with Crippen LogP contribution in [0.3, 0.4) is 0 Å². The van der Waals surface area contributed by atoms with Gasteiger partial charge in [0, 0.05) is 12.4 Å². The Kier molecular flexibility index (Phi) is 16.5. The van der Waals surface area contributed by atoms with Crippen molar-refractivity contribution in [1.82, 2.24) is 0 Å². The van der Waals surface area contributed by atoms with Gasteiger partial charge in [-0.25, -0.2) is 0 Å². The van der Waals surface area contributed by atoms with E-state index >= 15 is 0 Å². The molecular weight excluding hydrogens is 272 g/mol. The molecule has 11 heteroatoms. The molecule has 0 radical (unpaired) electrons. The fraction of sp³-hybridized carbons (Fsp3) is 0.600. The van der Waals surface area contributed by atoms with Crippen LogP contribution in [-0.2, 0) is 14.2 Å². The third-order valence-electron chi connectivity index (χ3n) is 1.55. The zero-order chi connectivity index (χ0) is 10.9. The molecule has 0 heterocycles. The quantitative estimate of drug-likeness (QED) is 0.397. The molecule has 0 aliphatic carbocycles. The van der Waals surface area contributed by atoms with Crippen LogP contribution in [0.5, 0.6) is 0 Å². The van der Waals surface area contributed by atoms with Gasteiger partial charge in [0.25, 0.3) is 0 Å². The number of carboxylic acids is 2. The van der Waals surface area contributed by atoms with Gasteiger partial charge >= 0.3 is 88.7 Å². The second kappa shape index (κ2) is 9.95. The Morgan fingerprint density at radius 1 is 1.25 bits per heavy atom. The SMILES string of the molecule is CC(CC(=O)[O-])(C(=O)[O-])P(=O)([O-])O.[Na+].[Na+].[Na+]. The van der Waals surface area contributed by atoms with E-state index in [1.54, 1.807) is 0 Å². The van der Waals surface area contributed by atoms with Gasteiger partial charge in [0.2, 0.25) is 0 Å². The van der Waals surface area contributed by atoms with Crippen LogP contribution >= 0.6 is 7.60 Å². The largest absolute Gasteiger partial charge is 1.00 e. The van der Waals surface area contributed by atoms with Gasteiger partial charge in [-0.3, -0.25) is 0 Å². The molecule has 0 saturated carbocycles. The summed E-state index contributed by atoms with van der Waals surface area (Å²) < 4.78 is 10.5. The van der Waals surface area contributed by atoms with E-state index in [1.165, 1.54) is 0 Å². The molecule has 0 amide bonds. The molecule has 2 unspecified atom stereocenters. The molecule has 7 nitrogen and oxygen atoms in total. The number of hydrogen-bond acceptors (Lipinski definition) is 6. The predicted octanol–water partition coefficient (Wildman–Crippen LogP) is -12.8. The molecule has 1 N–H and O–H groups in total. The van der Waals surface area contributed by atoms with Crippen molar-refractivity contribution in [2.45, 2.75) is 18.5 Å². The molecule has 0 aliphatic heterocycles. The molecule has 0 spiro atoms. The number of carboxylic acid groups (broad SMARTS) is 2. The van der Waals surface area contributed by atoms with Gasteiger partial charge in [0.05, 0.1) is 11.1 Å². The zero-order valence-electron chi connectivity index (χ0n) is 9.55. The third-order valence-corrected chi connectivity index (χ3v) is 3.14. The van der Waals surface area contributed by atoms with Gasteiger partial charge in [0.1, 0.15) is 7.60 Å². The van der Waals surface area contributed by atoms with Crippen LogP contribution in [0.4, 0.5) is 0 Å². The Hall–Kier alpha value is 2.09. The maximum atomic E-state index is 10.5. The Balaban J connectivity index is -0.000000240. The molecule has 0 aromatic carbocycles. The van der Waals surface area contributed by atoms with Crippen molar-refractivity contribution in [2.75, 3.05) is 0 Å². The summed E-state index contributed by atoms with van der Waals surface area (Å²) in [6.07, 6.45) is -1.35. The molecule has 0 aromatic heterocycles. The molecule has 0 fully saturated rings. The maximum absolute atomic E-state index is 10.5. The summed E-state index contributed by atoms with van der Waals surface area (Å²) in [7, 11) is -5.33. The smallest absolute Gasteiger partial charge is 0.778 e. The molecule has 0 rings (SSSR count). The van der Waals surface area contributed by atoms with E-state index in [0.717, 1.165) is 0 Å². The summed E-state index contributed by atoms with van der Waals surface area (Å²) in [6.45, 7) is 0.534. The van der Waals surface area contributed by atoms with Gasteiger partial charge < -0.3 is 34.2 Å². The monoisotopic (exact) mass is 278 g/mol. The van der Waals surface area contributed by atoms with Crippen LogP contribution in [0.1, 0.15) is 13.3 Å². The summed E-state index contributed by atoms with van der Waals surface area (Å²) >= 11 is 0. The van der Waals surface area contributed by atoms with E-state index in [1.807, 2.05) is 0 Å². The van der Waals surface area contributed by atoms with Crippen molar-refractivity contribution in [2.24, 2.45) is 0 Å². The number of aliphatic carboxylic acids is 2. The Morgan fingerprint density at radius 3 is 1.62 bits per heavy atom. The van der Waals surface area contributed by atoms with Crippen LogP contribution in [-0.4, -0.2) is 22.0 Å². The number of carbonyl (C=O) groups excluding carboxylic acids is 2. The van der Waals surface area contributed by atoms with Crippen molar-refractivity contribution in [1.29, 1.82) is 0 Å². The van der Waals surface area contributed by atoms with Gasteiger partial charge in [-0.05, 0) is 6.92 Å². The fourth-order valence-corrected chi connectivity index (χ4v) is 1.13. The Labute approximate surface area is 158 Å². The van der Waals surface area contributed by atoms with E-state index in [4.69, 9.17) is 4.89 Å². The van der Waals surface area contributed by atoms with Crippen molar-refractivity contribution in [3.8, 4) is 0 Å². The van der Waals surface area contributed by atoms with E-state index in [9.17, 15) is 29.3 Å². The predicted molar refractivity (Wildman–Crippen MR) is 32.9 cm³/mol. The van der Waals surface area contributed by atoms with Crippen molar-refractivity contribution in [3.63, 3.8) is 0 Å². The van der Waals surface area contributed by atoms with Crippen molar-refractivity contribution < 1.29 is 123 Å². The first-order valence-electron chi connectivity index (χ1n) is 3.06. The maximum Gasteiger partial charge on any atom is 1.00 e. The van der Waals surface area contributed by atoms with Gasteiger partial charge in [0.15, 0.2) is 0 Å².